The Morgan fingerprint density at radius 2 is 1.92 bits per heavy atom. The number of para-hydroxylation sites is 2. The molecule has 6 nitrogen and oxygen atoms in total. The van der Waals surface area contributed by atoms with Crippen molar-refractivity contribution in [3.63, 3.8) is 0 Å². The van der Waals surface area contributed by atoms with Gasteiger partial charge in [0.25, 0.3) is 0 Å². The van der Waals surface area contributed by atoms with Gasteiger partial charge in [-0.3, -0.25) is 9.59 Å². The van der Waals surface area contributed by atoms with Crippen LogP contribution in [0.15, 0.2) is 53.1 Å². The Hall–Kier alpha value is -3.15. The number of rotatable bonds is 3. The van der Waals surface area contributed by atoms with Crippen LogP contribution in [0.4, 0.5) is 5.69 Å². The van der Waals surface area contributed by atoms with Crippen molar-refractivity contribution in [3.05, 3.63) is 59.8 Å². The molecule has 2 aromatic carbocycles. The Bertz CT molecular complexity index is 995. The highest BCUT2D eigenvalue weighted by atomic mass is 16.5. The fourth-order valence-electron chi connectivity index (χ4n) is 3.76. The van der Waals surface area contributed by atoms with Gasteiger partial charge in [-0.1, -0.05) is 35.5 Å². The molecule has 0 aliphatic carbocycles. The first kappa shape index (κ1) is 16.3. The summed E-state index contributed by atoms with van der Waals surface area (Å²) in [5, 5.41) is 4.90. The maximum Gasteiger partial charge on any atom is 0.233 e. The van der Waals surface area contributed by atoms with Crippen LogP contribution >= 0.6 is 0 Å². The zero-order chi connectivity index (χ0) is 18.3. The van der Waals surface area contributed by atoms with E-state index in [2.05, 4.69) is 5.16 Å². The molecule has 0 saturated carbocycles. The monoisotopic (exact) mass is 349 g/mol. The number of carbonyl (C=O) groups is 2. The topological polar surface area (TPSA) is 89.4 Å². The molecule has 1 aliphatic rings. The van der Waals surface area contributed by atoms with E-state index in [0.717, 1.165) is 16.6 Å². The molecule has 4 rings (SSSR count). The summed E-state index contributed by atoms with van der Waals surface area (Å²) in [6, 6.07) is 14.8. The number of nitrogens with zero attached hydrogens (tertiary/aromatic N) is 2. The van der Waals surface area contributed by atoms with Gasteiger partial charge in [0.1, 0.15) is 5.69 Å². The summed E-state index contributed by atoms with van der Waals surface area (Å²) < 4.78 is 5.30. The molecule has 0 bridgehead atoms. The van der Waals surface area contributed by atoms with Gasteiger partial charge < -0.3 is 15.2 Å². The van der Waals surface area contributed by atoms with Gasteiger partial charge in [-0.05, 0) is 37.1 Å². The number of anilines is 1. The number of carbonyl (C=O) groups excluding carboxylic acids is 2. The van der Waals surface area contributed by atoms with Crippen LogP contribution in [0, 0.1) is 0 Å². The smallest absolute Gasteiger partial charge is 0.233 e. The molecule has 0 radical (unpaired) electrons. The average Bonchev–Trinajstić information content (AvgIpc) is 3.03. The van der Waals surface area contributed by atoms with Crippen LogP contribution in [0.25, 0.3) is 11.0 Å². The third kappa shape index (κ3) is 2.63. The number of hydrogen-bond acceptors (Lipinski definition) is 4. The Balaban J connectivity index is 1.69. The van der Waals surface area contributed by atoms with E-state index in [-0.39, 0.29) is 30.2 Å². The molecule has 0 saturated heterocycles. The third-order valence-electron chi connectivity index (χ3n) is 4.97. The largest absolute Gasteiger partial charge is 0.369 e. The number of aromatic nitrogens is 1. The summed E-state index contributed by atoms with van der Waals surface area (Å²) in [6.45, 7) is 1.94. The minimum absolute atomic E-state index is 0.0769. The average molecular weight is 349 g/mol. The zero-order valence-corrected chi connectivity index (χ0v) is 14.4. The summed E-state index contributed by atoms with van der Waals surface area (Å²) >= 11 is 0. The first-order valence-electron chi connectivity index (χ1n) is 8.60. The van der Waals surface area contributed by atoms with Gasteiger partial charge in [-0.25, -0.2) is 0 Å². The van der Waals surface area contributed by atoms with E-state index < -0.39 is 0 Å². The molecule has 0 fully saturated rings. The number of hydrogen-bond donors (Lipinski definition) is 1. The van der Waals surface area contributed by atoms with Gasteiger partial charge in [-0.2, -0.15) is 0 Å². The fraction of sp³-hybridized carbons (Fsp3) is 0.250. The molecular formula is C20H19N3O3. The van der Waals surface area contributed by atoms with Crippen molar-refractivity contribution < 1.29 is 14.1 Å². The first-order chi connectivity index (χ1) is 12.6. The van der Waals surface area contributed by atoms with E-state index in [1.807, 2.05) is 55.5 Å². The third-order valence-corrected chi connectivity index (χ3v) is 4.97. The zero-order valence-electron chi connectivity index (χ0n) is 14.4. The number of nitrogens with two attached hydrogens (primary N) is 1. The quantitative estimate of drug-likeness (QED) is 0.787. The van der Waals surface area contributed by atoms with Crippen molar-refractivity contribution in [2.45, 2.75) is 31.7 Å². The minimum Gasteiger partial charge on any atom is -0.369 e. The molecule has 132 valence electrons. The predicted molar refractivity (Wildman–Crippen MR) is 97.7 cm³/mol. The lowest BCUT2D eigenvalue weighted by molar-refractivity contribution is -0.121. The molecule has 6 heteroatoms. The molecule has 2 N–H and O–H groups in total. The Morgan fingerprint density at radius 3 is 2.73 bits per heavy atom. The van der Waals surface area contributed by atoms with E-state index in [9.17, 15) is 9.59 Å². The van der Waals surface area contributed by atoms with Crippen molar-refractivity contribution in [3.8, 4) is 0 Å². The summed E-state index contributed by atoms with van der Waals surface area (Å²) in [5.74, 6) is -0.816. The van der Waals surface area contributed by atoms with E-state index in [1.54, 1.807) is 4.90 Å². The Kier molecular flexibility index (Phi) is 3.95. The van der Waals surface area contributed by atoms with Crippen molar-refractivity contribution in [2.75, 3.05) is 4.90 Å². The van der Waals surface area contributed by atoms with Gasteiger partial charge in [0.2, 0.25) is 11.8 Å². The summed E-state index contributed by atoms with van der Waals surface area (Å²) in [7, 11) is 0. The molecule has 3 aromatic rings. The molecule has 26 heavy (non-hydrogen) atoms. The van der Waals surface area contributed by atoms with Crippen LogP contribution in [0.2, 0.25) is 0 Å². The molecule has 2 amide bonds. The minimum atomic E-state index is -0.377. The Labute approximate surface area is 150 Å². The van der Waals surface area contributed by atoms with Crippen LogP contribution in [-0.2, 0) is 16.0 Å². The highest BCUT2D eigenvalue weighted by molar-refractivity contribution is 5.99. The van der Waals surface area contributed by atoms with Crippen LogP contribution in [0.1, 0.15) is 30.5 Å². The predicted octanol–water partition coefficient (Wildman–Crippen LogP) is 2.76. The molecule has 2 heterocycles. The van der Waals surface area contributed by atoms with Gasteiger partial charge in [-0.15, -0.1) is 0 Å². The van der Waals surface area contributed by atoms with Crippen molar-refractivity contribution in [1.82, 2.24) is 5.16 Å². The molecular weight excluding hydrogens is 330 g/mol. The number of fused-ring (bicyclic) bond motifs is 2. The van der Waals surface area contributed by atoms with Crippen LogP contribution in [0.5, 0.6) is 0 Å². The van der Waals surface area contributed by atoms with Crippen molar-refractivity contribution in [1.29, 1.82) is 0 Å². The van der Waals surface area contributed by atoms with Crippen molar-refractivity contribution >= 4 is 28.5 Å². The standard InChI is InChI=1S/C20H19N3O3/c1-12-10-15(20(21)25)13-6-2-4-8-17(13)23(12)19(24)11-16-14-7-3-5-9-18(14)26-22-16/h2-9,12,15H,10-11H2,1H3,(H2,21,25)/t12-,15+/m0/s1. The van der Waals surface area contributed by atoms with Crippen LogP contribution < -0.4 is 10.6 Å². The Morgan fingerprint density at radius 1 is 1.19 bits per heavy atom. The lowest BCUT2D eigenvalue weighted by Crippen LogP contribution is -2.46. The highest BCUT2D eigenvalue weighted by Gasteiger charge is 2.36. The number of amides is 2. The fourth-order valence-corrected chi connectivity index (χ4v) is 3.76. The normalized spacial score (nSPS) is 19.3. The van der Waals surface area contributed by atoms with E-state index >= 15 is 0 Å². The van der Waals surface area contributed by atoms with Crippen molar-refractivity contribution in [2.24, 2.45) is 5.73 Å². The maximum absolute atomic E-state index is 13.1. The second kappa shape index (κ2) is 6.29. The molecule has 1 aliphatic heterocycles. The molecule has 1 aromatic heterocycles. The van der Waals surface area contributed by atoms with Gasteiger partial charge in [0, 0.05) is 17.1 Å². The van der Waals surface area contributed by atoms with E-state index in [4.69, 9.17) is 10.3 Å². The van der Waals surface area contributed by atoms with E-state index in [0.29, 0.717) is 17.7 Å². The lowest BCUT2D eigenvalue weighted by Gasteiger charge is -2.38. The van der Waals surface area contributed by atoms with Crippen LogP contribution in [0.3, 0.4) is 0 Å². The van der Waals surface area contributed by atoms with Gasteiger partial charge >= 0.3 is 0 Å². The van der Waals surface area contributed by atoms with Gasteiger partial charge in [0.05, 0.1) is 12.3 Å². The lowest BCUT2D eigenvalue weighted by atomic mass is 9.85. The number of benzene rings is 2. The summed E-state index contributed by atoms with van der Waals surface area (Å²) in [4.78, 5) is 26.7. The first-order valence-corrected chi connectivity index (χ1v) is 8.60. The molecule has 0 spiro atoms. The summed E-state index contributed by atoms with van der Waals surface area (Å²) in [5.41, 5.74) is 8.40. The van der Waals surface area contributed by atoms with Gasteiger partial charge in [0.15, 0.2) is 5.58 Å². The second-order valence-electron chi connectivity index (χ2n) is 6.66. The van der Waals surface area contributed by atoms with E-state index in [1.165, 1.54) is 0 Å². The molecule has 2 atom stereocenters. The van der Waals surface area contributed by atoms with Crippen LogP contribution in [-0.4, -0.2) is 23.0 Å². The highest BCUT2D eigenvalue weighted by Crippen LogP contribution is 2.38. The number of primary amides is 1. The molecule has 0 unspecified atom stereocenters. The maximum atomic E-state index is 13.1. The SMILES string of the molecule is C[C@H]1C[C@@H](C(N)=O)c2ccccc2N1C(=O)Cc1noc2ccccc12. The summed E-state index contributed by atoms with van der Waals surface area (Å²) in [6.07, 6.45) is 0.647. The second-order valence-corrected chi connectivity index (χ2v) is 6.66.